The molecule has 0 radical (unpaired) electrons. The van der Waals surface area contributed by atoms with E-state index in [4.69, 9.17) is 0 Å². The lowest BCUT2D eigenvalue weighted by Gasteiger charge is -2.33. The molecular weight excluding hydrogens is 306 g/mol. The highest BCUT2D eigenvalue weighted by atomic mass is 32.2. The molecule has 2 fully saturated rings. The number of carbonyl (C=O) groups is 1. The number of carbonyl (C=O) groups excluding carboxylic acids is 1. The van der Waals surface area contributed by atoms with Crippen LogP contribution in [0.4, 0.5) is 0 Å². The van der Waals surface area contributed by atoms with Gasteiger partial charge in [0.25, 0.3) is 0 Å². The van der Waals surface area contributed by atoms with E-state index in [1.807, 2.05) is 11.8 Å². The maximum atomic E-state index is 12.3. The molecule has 1 aromatic carbocycles. The molecule has 2 aliphatic rings. The van der Waals surface area contributed by atoms with Crippen molar-refractivity contribution in [1.29, 1.82) is 0 Å². The van der Waals surface area contributed by atoms with Gasteiger partial charge in [0, 0.05) is 49.6 Å². The molecule has 2 N–H and O–H groups in total. The zero-order valence-electron chi connectivity index (χ0n) is 13.7. The van der Waals surface area contributed by atoms with E-state index in [0.29, 0.717) is 18.5 Å². The Morgan fingerprint density at radius 2 is 2.22 bits per heavy atom. The summed E-state index contributed by atoms with van der Waals surface area (Å²) in [5.41, 5.74) is 1.35. The fourth-order valence-corrected chi connectivity index (χ4v) is 4.37. The van der Waals surface area contributed by atoms with Crippen molar-refractivity contribution in [2.45, 2.75) is 37.9 Å². The molecule has 0 spiro atoms. The molecule has 0 saturated carbocycles. The van der Waals surface area contributed by atoms with Crippen LogP contribution in [0.3, 0.4) is 0 Å². The molecular formula is C18H27N3OS. The van der Waals surface area contributed by atoms with E-state index in [1.165, 1.54) is 5.56 Å². The summed E-state index contributed by atoms with van der Waals surface area (Å²) in [5, 5.41) is 6.69. The summed E-state index contributed by atoms with van der Waals surface area (Å²) in [6, 6.07) is 11.2. The number of thioether (sulfide) groups is 1. The highest BCUT2D eigenvalue weighted by molar-refractivity contribution is 7.99. The highest BCUT2D eigenvalue weighted by Gasteiger charge is 2.23. The SMILES string of the molecule is O=C(CC1CSCCN1)NC1CCCN(Cc2ccccc2)C1. The molecule has 126 valence electrons. The van der Waals surface area contributed by atoms with Gasteiger partial charge in [0.05, 0.1) is 0 Å². The Hall–Kier alpha value is -1.04. The molecule has 1 amide bonds. The minimum absolute atomic E-state index is 0.205. The van der Waals surface area contributed by atoms with Crippen LogP contribution in [-0.2, 0) is 11.3 Å². The van der Waals surface area contributed by atoms with E-state index in [9.17, 15) is 4.79 Å². The predicted octanol–water partition coefficient (Wildman–Crippen LogP) is 1.86. The number of nitrogens with one attached hydrogen (secondary N) is 2. The van der Waals surface area contributed by atoms with E-state index < -0.39 is 0 Å². The van der Waals surface area contributed by atoms with Crippen molar-refractivity contribution in [1.82, 2.24) is 15.5 Å². The predicted molar refractivity (Wildman–Crippen MR) is 96.6 cm³/mol. The Bertz CT molecular complexity index is 490. The minimum Gasteiger partial charge on any atom is -0.352 e. The third kappa shape index (κ3) is 5.52. The van der Waals surface area contributed by atoms with Gasteiger partial charge in [-0.1, -0.05) is 30.3 Å². The summed E-state index contributed by atoms with van der Waals surface area (Å²) in [5.74, 6) is 2.42. The van der Waals surface area contributed by atoms with Crippen molar-refractivity contribution in [2.24, 2.45) is 0 Å². The molecule has 5 heteroatoms. The highest BCUT2D eigenvalue weighted by Crippen LogP contribution is 2.15. The summed E-state index contributed by atoms with van der Waals surface area (Å²) >= 11 is 1.94. The zero-order chi connectivity index (χ0) is 15.9. The van der Waals surface area contributed by atoms with Crippen LogP contribution >= 0.6 is 11.8 Å². The number of benzene rings is 1. The van der Waals surface area contributed by atoms with Crippen LogP contribution in [0.25, 0.3) is 0 Å². The van der Waals surface area contributed by atoms with Gasteiger partial charge in [-0.3, -0.25) is 9.69 Å². The van der Waals surface area contributed by atoms with E-state index in [-0.39, 0.29) is 5.91 Å². The van der Waals surface area contributed by atoms with E-state index in [0.717, 1.165) is 50.5 Å². The Morgan fingerprint density at radius 1 is 1.35 bits per heavy atom. The standard InChI is InChI=1S/C18H27N3OS/c22-18(11-17-14-23-10-8-19-17)20-16-7-4-9-21(13-16)12-15-5-2-1-3-6-15/h1-3,5-6,16-17,19H,4,7-14H2,(H,20,22). The van der Waals surface area contributed by atoms with Crippen molar-refractivity contribution in [2.75, 3.05) is 31.1 Å². The monoisotopic (exact) mass is 333 g/mol. The lowest BCUT2D eigenvalue weighted by Crippen LogP contribution is -2.49. The molecule has 1 aromatic rings. The van der Waals surface area contributed by atoms with Crippen LogP contribution in [0, 0.1) is 0 Å². The van der Waals surface area contributed by atoms with Crippen molar-refractivity contribution in [3.63, 3.8) is 0 Å². The lowest BCUT2D eigenvalue weighted by atomic mass is 10.0. The van der Waals surface area contributed by atoms with Crippen LogP contribution in [0.2, 0.25) is 0 Å². The van der Waals surface area contributed by atoms with E-state index >= 15 is 0 Å². The molecule has 2 saturated heterocycles. The molecule has 2 heterocycles. The van der Waals surface area contributed by atoms with Gasteiger partial charge >= 0.3 is 0 Å². The van der Waals surface area contributed by atoms with Crippen LogP contribution in [-0.4, -0.2) is 54.0 Å². The fraction of sp³-hybridized carbons (Fsp3) is 0.611. The number of hydrogen-bond acceptors (Lipinski definition) is 4. The van der Waals surface area contributed by atoms with Crippen molar-refractivity contribution >= 4 is 17.7 Å². The zero-order valence-corrected chi connectivity index (χ0v) is 14.5. The molecule has 23 heavy (non-hydrogen) atoms. The first-order valence-electron chi connectivity index (χ1n) is 8.66. The van der Waals surface area contributed by atoms with Gasteiger partial charge in [-0.25, -0.2) is 0 Å². The normalized spacial score (nSPS) is 25.9. The molecule has 0 bridgehead atoms. The third-order valence-corrected chi connectivity index (χ3v) is 5.68. The fourth-order valence-electron chi connectivity index (χ4n) is 3.42. The largest absolute Gasteiger partial charge is 0.352 e. The van der Waals surface area contributed by atoms with Crippen molar-refractivity contribution in [3.05, 3.63) is 35.9 Å². The average Bonchev–Trinajstić information content (AvgIpc) is 2.57. The van der Waals surface area contributed by atoms with Gasteiger partial charge in [-0.2, -0.15) is 11.8 Å². The van der Waals surface area contributed by atoms with Crippen molar-refractivity contribution in [3.8, 4) is 0 Å². The quantitative estimate of drug-likeness (QED) is 0.863. The first kappa shape index (κ1) is 16.8. The molecule has 2 unspecified atom stereocenters. The maximum Gasteiger partial charge on any atom is 0.221 e. The van der Waals surface area contributed by atoms with Crippen molar-refractivity contribution < 1.29 is 4.79 Å². The van der Waals surface area contributed by atoms with Crippen LogP contribution in [0.1, 0.15) is 24.8 Å². The summed E-state index contributed by atoms with van der Waals surface area (Å²) in [4.78, 5) is 14.7. The number of amides is 1. The Labute approximate surface area is 143 Å². The minimum atomic E-state index is 0.205. The smallest absolute Gasteiger partial charge is 0.221 e. The number of likely N-dealkylation sites (tertiary alicyclic amines) is 1. The third-order valence-electron chi connectivity index (χ3n) is 4.55. The van der Waals surface area contributed by atoms with Gasteiger partial charge in [0.2, 0.25) is 5.91 Å². The van der Waals surface area contributed by atoms with Crippen LogP contribution in [0.5, 0.6) is 0 Å². The van der Waals surface area contributed by atoms with Gasteiger partial charge < -0.3 is 10.6 Å². The molecule has 4 nitrogen and oxygen atoms in total. The Kier molecular flexibility index (Phi) is 6.37. The Balaban J connectivity index is 1.43. The Morgan fingerprint density at radius 3 is 3.00 bits per heavy atom. The molecule has 3 rings (SSSR count). The van der Waals surface area contributed by atoms with Gasteiger partial charge in [0.15, 0.2) is 0 Å². The van der Waals surface area contributed by atoms with Gasteiger partial charge in [-0.15, -0.1) is 0 Å². The lowest BCUT2D eigenvalue weighted by molar-refractivity contribution is -0.122. The van der Waals surface area contributed by atoms with Gasteiger partial charge in [-0.05, 0) is 24.9 Å². The second-order valence-corrected chi connectivity index (χ2v) is 7.71. The molecule has 0 aromatic heterocycles. The van der Waals surface area contributed by atoms with E-state index in [1.54, 1.807) is 0 Å². The maximum absolute atomic E-state index is 12.3. The number of hydrogen-bond donors (Lipinski definition) is 2. The molecule has 2 atom stereocenters. The number of nitrogens with zero attached hydrogens (tertiary/aromatic N) is 1. The van der Waals surface area contributed by atoms with Crippen LogP contribution < -0.4 is 10.6 Å². The van der Waals surface area contributed by atoms with Crippen LogP contribution in [0.15, 0.2) is 30.3 Å². The average molecular weight is 334 g/mol. The first-order valence-corrected chi connectivity index (χ1v) is 9.82. The second kappa shape index (κ2) is 8.71. The molecule has 0 aliphatic carbocycles. The second-order valence-electron chi connectivity index (χ2n) is 6.56. The summed E-state index contributed by atoms with van der Waals surface area (Å²) in [6.45, 7) is 4.10. The number of piperidine rings is 1. The van der Waals surface area contributed by atoms with E-state index in [2.05, 4.69) is 45.9 Å². The van der Waals surface area contributed by atoms with Gasteiger partial charge in [0.1, 0.15) is 0 Å². The first-order chi connectivity index (χ1) is 11.3. The summed E-state index contributed by atoms with van der Waals surface area (Å²) < 4.78 is 0. The number of rotatable bonds is 5. The topological polar surface area (TPSA) is 44.4 Å². The summed E-state index contributed by atoms with van der Waals surface area (Å²) in [7, 11) is 0. The molecule has 2 aliphatic heterocycles. The summed E-state index contributed by atoms with van der Waals surface area (Å²) in [6.07, 6.45) is 2.88.